The van der Waals surface area contributed by atoms with Crippen LogP contribution in [-0.4, -0.2) is 23.6 Å². The van der Waals surface area contributed by atoms with Crippen LogP contribution >= 0.6 is 11.6 Å². The lowest BCUT2D eigenvalue weighted by atomic mass is 10.2. The molecule has 0 aromatic carbocycles. The van der Waals surface area contributed by atoms with Crippen LogP contribution in [0.1, 0.15) is 26.1 Å². The Balaban J connectivity index is 2.86. The molecule has 1 aromatic heterocycles. The van der Waals surface area contributed by atoms with Crippen LogP contribution in [0.4, 0.5) is 5.82 Å². The summed E-state index contributed by atoms with van der Waals surface area (Å²) in [5.74, 6) is 1.49. The largest absolute Gasteiger partial charge is 0.358 e. The Kier molecular flexibility index (Phi) is 5.17. The number of halogens is 1. The van der Waals surface area contributed by atoms with Gasteiger partial charge in [-0.15, -0.1) is 0 Å². The van der Waals surface area contributed by atoms with Crippen LogP contribution in [0.25, 0.3) is 0 Å². The third kappa shape index (κ3) is 4.20. The first-order valence-electron chi connectivity index (χ1n) is 5.71. The molecule has 0 amide bonds. The number of aryl methyl sites for hydroxylation is 1. The highest BCUT2D eigenvalue weighted by Crippen LogP contribution is 2.16. The van der Waals surface area contributed by atoms with Gasteiger partial charge in [-0.3, -0.25) is 0 Å². The van der Waals surface area contributed by atoms with Crippen LogP contribution in [0.5, 0.6) is 0 Å². The highest BCUT2D eigenvalue weighted by Gasteiger charge is 2.10. The lowest BCUT2D eigenvalue weighted by Gasteiger charge is -2.19. The van der Waals surface area contributed by atoms with Gasteiger partial charge in [0.25, 0.3) is 0 Å². The minimum absolute atomic E-state index is 0.0386. The summed E-state index contributed by atoms with van der Waals surface area (Å²) < 4.78 is 0. The zero-order valence-electron chi connectivity index (χ0n) is 10.4. The van der Waals surface area contributed by atoms with E-state index < -0.39 is 0 Å². The smallest absolute Gasteiger partial charge is 0.134 e. The van der Waals surface area contributed by atoms with E-state index in [2.05, 4.69) is 23.0 Å². The van der Waals surface area contributed by atoms with Crippen LogP contribution in [0.3, 0.4) is 0 Å². The molecule has 0 aliphatic heterocycles. The highest BCUT2D eigenvalue weighted by molar-refractivity contribution is 6.29. The summed E-state index contributed by atoms with van der Waals surface area (Å²) in [6.45, 7) is 4.59. The topological polar surface area (TPSA) is 52.8 Å². The SMILES string of the molecule is CCCc1nc(Cl)cc(N(C)CC(C)C#N)n1. The molecule has 0 radical (unpaired) electrons. The Morgan fingerprint density at radius 1 is 1.53 bits per heavy atom. The third-order valence-electron chi connectivity index (χ3n) is 2.36. The fourth-order valence-electron chi connectivity index (χ4n) is 1.53. The summed E-state index contributed by atoms with van der Waals surface area (Å²) in [6.07, 6.45) is 1.80. The van der Waals surface area contributed by atoms with Crippen LogP contribution < -0.4 is 4.90 Å². The Morgan fingerprint density at radius 3 is 2.82 bits per heavy atom. The normalized spacial score (nSPS) is 11.9. The number of hydrogen-bond acceptors (Lipinski definition) is 4. The predicted molar refractivity (Wildman–Crippen MR) is 69.1 cm³/mol. The van der Waals surface area contributed by atoms with E-state index in [9.17, 15) is 0 Å². The van der Waals surface area contributed by atoms with Gasteiger partial charge in [0.1, 0.15) is 16.8 Å². The Hall–Kier alpha value is -1.34. The lowest BCUT2D eigenvalue weighted by Crippen LogP contribution is -2.24. The maximum Gasteiger partial charge on any atom is 0.134 e. The van der Waals surface area contributed by atoms with E-state index in [1.165, 1.54) is 0 Å². The van der Waals surface area contributed by atoms with Crippen molar-refractivity contribution < 1.29 is 0 Å². The first-order valence-corrected chi connectivity index (χ1v) is 6.08. The van der Waals surface area contributed by atoms with Crippen molar-refractivity contribution in [2.75, 3.05) is 18.5 Å². The molecule has 1 heterocycles. The summed E-state index contributed by atoms with van der Waals surface area (Å²) in [5, 5.41) is 9.24. The minimum atomic E-state index is -0.0386. The van der Waals surface area contributed by atoms with Gasteiger partial charge < -0.3 is 4.90 Å². The molecule has 0 saturated heterocycles. The summed E-state index contributed by atoms with van der Waals surface area (Å²) in [4.78, 5) is 10.5. The zero-order valence-corrected chi connectivity index (χ0v) is 11.2. The monoisotopic (exact) mass is 252 g/mol. The number of anilines is 1. The first-order chi connectivity index (χ1) is 8.06. The van der Waals surface area contributed by atoms with Gasteiger partial charge in [-0.2, -0.15) is 5.26 Å². The Labute approximate surface area is 107 Å². The maximum absolute atomic E-state index is 8.79. The molecule has 92 valence electrons. The quantitative estimate of drug-likeness (QED) is 0.756. The first kappa shape index (κ1) is 13.7. The number of rotatable bonds is 5. The van der Waals surface area contributed by atoms with E-state index in [0.29, 0.717) is 11.7 Å². The number of nitriles is 1. The molecule has 0 aliphatic rings. The van der Waals surface area contributed by atoms with Crippen LogP contribution in [0.2, 0.25) is 5.15 Å². The van der Waals surface area contributed by atoms with Crippen LogP contribution in [0.15, 0.2) is 6.07 Å². The molecule has 0 spiro atoms. The number of nitrogens with zero attached hydrogens (tertiary/aromatic N) is 4. The molecule has 0 saturated carbocycles. The van der Waals surface area contributed by atoms with Gasteiger partial charge in [-0.25, -0.2) is 9.97 Å². The zero-order chi connectivity index (χ0) is 12.8. The summed E-state index contributed by atoms with van der Waals surface area (Å²) in [5.41, 5.74) is 0. The average Bonchev–Trinajstić information content (AvgIpc) is 2.28. The predicted octanol–water partition coefficient (Wildman–Crippen LogP) is 2.68. The van der Waals surface area contributed by atoms with Crippen molar-refractivity contribution in [1.82, 2.24) is 9.97 Å². The van der Waals surface area contributed by atoms with E-state index in [0.717, 1.165) is 24.5 Å². The van der Waals surface area contributed by atoms with Gasteiger partial charge in [0.15, 0.2) is 0 Å². The van der Waals surface area contributed by atoms with E-state index in [4.69, 9.17) is 16.9 Å². The molecule has 4 nitrogen and oxygen atoms in total. The van der Waals surface area contributed by atoms with Gasteiger partial charge in [0.05, 0.1) is 12.0 Å². The van der Waals surface area contributed by atoms with Crippen molar-refractivity contribution >= 4 is 17.4 Å². The lowest BCUT2D eigenvalue weighted by molar-refractivity contribution is 0.704. The number of hydrogen-bond donors (Lipinski definition) is 0. The molecule has 1 unspecified atom stereocenters. The van der Waals surface area contributed by atoms with Gasteiger partial charge in [0.2, 0.25) is 0 Å². The summed E-state index contributed by atoms with van der Waals surface area (Å²) in [7, 11) is 1.90. The van der Waals surface area contributed by atoms with Gasteiger partial charge in [-0.1, -0.05) is 18.5 Å². The second-order valence-corrected chi connectivity index (χ2v) is 4.51. The average molecular weight is 253 g/mol. The third-order valence-corrected chi connectivity index (χ3v) is 2.55. The van der Waals surface area contributed by atoms with E-state index in [-0.39, 0.29) is 5.92 Å². The van der Waals surface area contributed by atoms with Crippen LogP contribution in [-0.2, 0) is 6.42 Å². The van der Waals surface area contributed by atoms with Gasteiger partial charge >= 0.3 is 0 Å². The van der Waals surface area contributed by atoms with E-state index in [1.807, 2.05) is 18.9 Å². The summed E-state index contributed by atoms with van der Waals surface area (Å²) in [6, 6.07) is 3.93. The van der Waals surface area contributed by atoms with Crippen molar-refractivity contribution in [2.45, 2.75) is 26.7 Å². The fraction of sp³-hybridized carbons (Fsp3) is 0.583. The molecule has 17 heavy (non-hydrogen) atoms. The van der Waals surface area contributed by atoms with Crippen molar-refractivity contribution in [3.05, 3.63) is 17.0 Å². The Bertz CT molecular complexity index is 413. The maximum atomic E-state index is 8.79. The minimum Gasteiger partial charge on any atom is -0.358 e. The van der Waals surface area contributed by atoms with E-state index in [1.54, 1.807) is 6.07 Å². The second-order valence-electron chi connectivity index (χ2n) is 4.13. The van der Waals surface area contributed by atoms with Crippen molar-refractivity contribution in [1.29, 1.82) is 5.26 Å². The van der Waals surface area contributed by atoms with Gasteiger partial charge in [-0.05, 0) is 13.3 Å². The molecular weight excluding hydrogens is 236 g/mol. The molecule has 1 atom stereocenters. The van der Waals surface area contributed by atoms with Crippen molar-refractivity contribution in [3.8, 4) is 6.07 Å². The molecule has 0 aliphatic carbocycles. The standard InChI is InChI=1S/C12H17ClN4/c1-4-5-11-15-10(13)6-12(16-11)17(3)8-9(2)7-14/h6,9H,4-5,8H2,1-3H3. The molecule has 0 bridgehead atoms. The highest BCUT2D eigenvalue weighted by atomic mass is 35.5. The molecule has 1 aromatic rings. The van der Waals surface area contributed by atoms with Crippen molar-refractivity contribution in [2.24, 2.45) is 5.92 Å². The van der Waals surface area contributed by atoms with Crippen molar-refractivity contribution in [3.63, 3.8) is 0 Å². The van der Waals surface area contributed by atoms with Crippen LogP contribution in [0, 0.1) is 17.2 Å². The Morgan fingerprint density at radius 2 is 2.24 bits per heavy atom. The molecule has 5 heteroatoms. The fourth-order valence-corrected chi connectivity index (χ4v) is 1.72. The molecule has 0 N–H and O–H groups in total. The molecule has 0 fully saturated rings. The molecular formula is C12H17ClN4. The van der Waals surface area contributed by atoms with Gasteiger partial charge in [0, 0.05) is 26.1 Å². The number of aromatic nitrogens is 2. The summed E-state index contributed by atoms with van der Waals surface area (Å²) >= 11 is 5.96. The second kappa shape index (κ2) is 6.41. The molecule has 1 rings (SSSR count). The van der Waals surface area contributed by atoms with E-state index >= 15 is 0 Å².